The number of hydrogen-bond donors (Lipinski definition) is 2. The Kier molecular flexibility index (Phi) is 3.70. The number of carbonyl (C=O) groups excluding carboxylic acids is 1. The Balaban J connectivity index is 1.95. The highest BCUT2D eigenvalue weighted by atomic mass is 16.1. The molecular weight excluding hydrogens is 276 g/mol. The molecule has 5 heteroatoms. The maximum atomic E-state index is 11.3. The number of fused-ring (bicyclic) bond motifs is 1. The third kappa shape index (κ3) is 2.74. The molecule has 2 aromatic carbocycles. The average Bonchev–Trinajstić information content (AvgIpc) is 2.54. The Hall–Kier alpha value is -2.95. The first-order valence-electron chi connectivity index (χ1n) is 7.00. The lowest BCUT2D eigenvalue weighted by atomic mass is 10.1. The lowest BCUT2D eigenvalue weighted by Gasteiger charge is -2.10. The zero-order valence-corrected chi connectivity index (χ0v) is 12.4. The number of rotatable bonds is 4. The van der Waals surface area contributed by atoms with Gasteiger partial charge in [0.1, 0.15) is 5.82 Å². The van der Waals surface area contributed by atoms with E-state index in [1.807, 2.05) is 43.4 Å². The minimum absolute atomic E-state index is 0.0472. The smallest absolute Gasteiger partial charge is 0.229 e. The number of nitrogens with zero attached hydrogens (tertiary/aromatic N) is 2. The number of aromatic nitrogens is 2. The van der Waals surface area contributed by atoms with Crippen molar-refractivity contribution >= 4 is 34.1 Å². The van der Waals surface area contributed by atoms with E-state index in [2.05, 4.69) is 20.6 Å². The number of hydrogen-bond acceptors (Lipinski definition) is 5. The molecule has 0 radical (unpaired) electrons. The van der Waals surface area contributed by atoms with Crippen LogP contribution in [0.25, 0.3) is 10.9 Å². The van der Waals surface area contributed by atoms with Crippen LogP contribution in [0.3, 0.4) is 0 Å². The maximum Gasteiger partial charge on any atom is 0.229 e. The molecule has 0 aliphatic rings. The summed E-state index contributed by atoms with van der Waals surface area (Å²) in [6, 6.07) is 15.1. The zero-order chi connectivity index (χ0) is 15.5. The number of carbonyl (C=O) groups is 1. The molecule has 1 aromatic heterocycles. The van der Waals surface area contributed by atoms with E-state index in [1.54, 1.807) is 19.1 Å². The molecule has 0 spiro atoms. The number of Topliss-reactive ketones (excluding diaryl/α,β-unsaturated/α-hetero) is 1. The van der Waals surface area contributed by atoms with E-state index in [0.717, 1.165) is 22.4 Å². The van der Waals surface area contributed by atoms with Gasteiger partial charge in [-0.3, -0.25) is 4.79 Å². The summed E-state index contributed by atoms with van der Waals surface area (Å²) in [5.74, 6) is 1.33. The first-order chi connectivity index (χ1) is 10.7. The van der Waals surface area contributed by atoms with Crippen LogP contribution in [0.2, 0.25) is 0 Å². The SMILES string of the molecule is CNc1nc(Nc2ccc(C(C)=O)cc2)nc2ccccc12. The van der Waals surface area contributed by atoms with Gasteiger partial charge in [0.05, 0.1) is 5.52 Å². The number of anilines is 3. The van der Waals surface area contributed by atoms with Gasteiger partial charge >= 0.3 is 0 Å². The third-order valence-electron chi connectivity index (χ3n) is 3.39. The molecule has 3 rings (SSSR count). The van der Waals surface area contributed by atoms with Crippen LogP contribution in [0.1, 0.15) is 17.3 Å². The largest absolute Gasteiger partial charge is 0.372 e. The lowest BCUT2D eigenvalue weighted by Crippen LogP contribution is -2.02. The molecule has 2 N–H and O–H groups in total. The van der Waals surface area contributed by atoms with E-state index in [1.165, 1.54) is 0 Å². The van der Waals surface area contributed by atoms with Gasteiger partial charge in [0, 0.05) is 23.7 Å². The van der Waals surface area contributed by atoms with Gasteiger partial charge in [0.15, 0.2) is 5.78 Å². The molecule has 0 unspecified atom stereocenters. The van der Waals surface area contributed by atoms with Crippen LogP contribution in [-0.2, 0) is 0 Å². The van der Waals surface area contributed by atoms with Gasteiger partial charge in [-0.15, -0.1) is 0 Å². The van der Waals surface area contributed by atoms with Crippen LogP contribution in [0.4, 0.5) is 17.5 Å². The van der Waals surface area contributed by atoms with E-state index >= 15 is 0 Å². The van der Waals surface area contributed by atoms with E-state index in [0.29, 0.717) is 11.5 Å². The van der Waals surface area contributed by atoms with Crippen LogP contribution in [0, 0.1) is 0 Å². The Morgan fingerprint density at radius 1 is 1.00 bits per heavy atom. The van der Waals surface area contributed by atoms with Crippen LogP contribution >= 0.6 is 0 Å². The monoisotopic (exact) mass is 292 g/mol. The molecule has 3 aromatic rings. The highest BCUT2D eigenvalue weighted by Crippen LogP contribution is 2.23. The predicted molar refractivity (Wildman–Crippen MR) is 88.8 cm³/mol. The summed E-state index contributed by atoms with van der Waals surface area (Å²) in [5, 5.41) is 7.22. The Morgan fingerprint density at radius 2 is 1.73 bits per heavy atom. The fourth-order valence-corrected chi connectivity index (χ4v) is 2.24. The van der Waals surface area contributed by atoms with Crippen molar-refractivity contribution < 1.29 is 4.79 Å². The van der Waals surface area contributed by atoms with Crippen molar-refractivity contribution in [2.24, 2.45) is 0 Å². The molecule has 0 fully saturated rings. The van der Waals surface area contributed by atoms with E-state index in [4.69, 9.17) is 0 Å². The quantitative estimate of drug-likeness (QED) is 0.719. The first-order valence-corrected chi connectivity index (χ1v) is 7.00. The number of benzene rings is 2. The van der Waals surface area contributed by atoms with Crippen molar-refractivity contribution in [2.45, 2.75) is 6.92 Å². The normalized spacial score (nSPS) is 10.5. The van der Waals surface area contributed by atoms with Crippen LogP contribution in [-0.4, -0.2) is 22.8 Å². The van der Waals surface area contributed by atoms with Crippen molar-refractivity contribution in [2.75, 3.05) is 17.7 Å². The highest BCUT2D eigenvalue weighted by Gasteiger charge is 2.06. The molecule has 0 atom stereocenters. The van der Waals surface area contributed by atoms with E-state index in [-0.39, 0.29) is 5.78 Å². The van der Waals surface area contributed by atoms with Gasteiger partial charge in [-0.25, -0.2) is 4.98 Å². The standard InChI is InChI=1S/C17H16N4O/c1-11(22)12-7-9-13(10-8-12)19-17-20-15-6-4-3-5-14(15)16(18-2)21-17/h3-10H,1-2H3,(H2,18,19,20,21). The number of nitrogens with one attached hydrogen (secondary N) is 2. The van der Waals surface area contributed by atoms with Crippen molar-refractivity contribution in [3.05, 3.63) is 54.1 Å². The molecule has 5 nitrogen and oxygen atoms in total. The predicted octanol–water partition coefficient (Wildman–Crippen LogP) is 3.62. The van der Waals surface area contributed by atoms with Gasteiger partial charge < -0.3 is 10.6 Å². The zero-order valence-electron chi connectivity index (χ0n) is 12.4. The van der Waals surface area contributed by atoms with Gasteiger partial charge in [-0.2, -0.15) is 4.98 Å². The van der Waals surface area contributed by atoms with E-state index in [9.17, 15) is 4.79 Å². The molecular formula is C17H16N4O. The van der Waals surface area contributed by atoms with Crippen LogP contribution < -0.4 is 10.6 Å². The fourth-order valence-electron chi connectivity index (χ4n) is 2.24. The molecule has 0 bridgehead atoms. The third-order valence-corrected chi connectivity index (χ3v) is 3.39. The Bertz CT molecular complexity index is 828. The van der Waals surface area contributed by atoms with Crippen molar-refractivity contribution in [3.8, 4) is 0 Å². The molecule has 1 heterocycles. The number of ketones is 1. The molecule has 0 aliphatic heterocycles. The maximum absolute atomic E-state index is 11.3. The van der Waals surface area contributed by atoms with Crippen LogP contribution in [0.15, 0.2) is 48.5 Å². The molecule has 22 heavy (non-hydrogen) atoms. The summed E-state index contributed by atoms with van der Waals surface area (Å²) in [4.78, 5) is 20.3. The van der Waals surface area contributed by atoms with Crippen molar-refractivity contribution in [1.29, 1.82) is 0 Å². The van der Waals surface area contributed by atoms with Crippen molar-refractivity contribution in [3.63, 3.8) is 0 Å². The average molecular weight is 292 g/mol. The second kappa shape index (κ2) is 5.81. The summed E-state index contributed by atoms with van der Waals surface area (Å²) >= 11 is 0. The molecule has 0 saturated heterocycles. The molecule has 0 amide bonds. The van der Waals surface area contributed by atoms with Crippen LogP contribution in [0.5, 0.6) is 0 Å². The summed E-state index contributed by atoms with van der Waals surface area (Å²) < 4.78 is 0. The molecule has 110 valence electrons. The molecule has 0 saturated carbocycles. The second-order valence-electron chi connectivity index (χ2n) is 4.92. The Morgan fingerprint density at radius 3 is 2.41 bits per heavy atom. The van der Waals surface area contributed by atoms with Gasteiger partial charge in [-0.1, -0.05) is 12.1 Å². The highest BCUT2D eigenvalue weighted by molar-refractivity contribution is 5.94. The Labute approximate surface area is 128 Å². The fraction of sp³-hybridized carbons (Fsp3) is 0.118. The summed E-state index contributed by atoms with van der Waals surface area (Å²) in [5.41, 5.74) is 2.38. The van der Waals surface area contributed by atoms with Gasteiger partial charge in [0.25, 0.3) is 0 Å². The summed E-state index contributed by atoms with van der Waals surface area (Å²) in [7, 11) is 1.83. The molecule has 0 aliphatic carbocycles. The second-order valence-corrected chi connectivity index (χ2v) is 4.92. The van der Waals surface area contributed by atoms with E-state index < -0.39 is 0 Å². The lowest BCUT2D eigenvalue weighted by molar-refractivity contribution is 0.101. The summed E-state index contributed by atoms with van der Waals surface area (Å²) in [6.07, 6.45) is 0. The topological polar surface area (TPSA) is 66.9 Å². The van der Waals surface area contributed by atoms with Gasteiger partial charge in [-0.05, 0) is 43.3 Å². The van der Waals surface area contributed by atoms with Gasteiger partial charge in [0.2, 0.25) is 5.95 Å². The number of para-hydroxylation sites is 1. The minimum Gasteiger partial charge on any atom is -0.372 e. The summed E-state index contributed by atoms with van der Waals surface area (Å²) in [6.45, 7) is 1.55. The minimum atomic E-state index is 0.0472. The first kappa shape index (κ1) is 14.0. The van der Waals surface area contributed by atoms with Crippen molar-refractivity contribution in [1.82, 2.24) is 9.97 Å².